The third-order valence-corrected chi connectivity index (χ3v) is 8.68. The Morgan fingerprint density at radius 3 is 2.58 bits per heavy atom. The first-order valence-corrected chi connectivity index (χ1v) is 12.5. The van der Waals surface area contributed by atoms with Crippen LogP contribution in [0.25, 0.3) is 43.6 Å². The van der Waals surface area contributed by atoms with Crippen molar-refractivity contribution in [2.75, 3.05) is 19.7 Å². The predicted octanol–water partition coefficient (Wildman–Crippen LogP) is 3.06. The molecule has 1 fully saturated rings. The van der Waals surface area contributed by atoms with Crippen LogP contribution in [-0.4, -0.2) is 50.6 Å². The zero-order valence-electron chi connectivity index (χ0n) is 19.8. The third kappa shape index (κ3) is 2.19. The Hall–Kier alpha value is -3.43. The Morgan fingerprint density at radius 1 is 1.08 bits per heavy atom. The lowest BCUT2D eigenvalue weighted by Gasteiger charge is -2.40. The van der Waals surface area contributed by atoms with Crippen LogP contribution in [0, 0.1) is 0 Å². The van der Waals surface area contributed by atoms with Gasteiger partial charge in [-0.05, 0) is 24.6 Å². The highest BCUT2D eigenvalue weighted by molar-refractivity contribution is 6.31. The molecule has 2 aromatic heterocycles. The summed E-state index contributed by atoms with van der Waals surface area (Å²) in [5.74, 6) is -0.0436. The monoisotopic (exact) mass is 482 g/mol. The maximum absolute atomic E-state index is 13.3. The summed E-state index contributed by atoms with van der Waals surface area (Å²) in [5, 5.41) is 32.0. The van der Waals surface area contributed by atoms with E-state index in [1.165, 1.54) is 0 Å². The molecule has 8 rings (SSSR count). The molecule has 4 N–H and O–H groups in total. The molecule has 5 aromatic rings. The lowest BCUT2D eigenvalue weighted by atomic mass is 9.88. The van der Waals surface area contributed by atoms with Gasteiger partial charge in [0.2, 0.25) is 0 Å². The highest BCUT2D eigenvalue weighted by atomic mass is 16.6. The Balaban J connectivity index is 1.63. The van der Waals surface area contributed by atoms with Crippen molar-refractivity contribution in [3.05, 3.63) is 59.7 Å². The molecule has 0 aliphatic carbocycles. The number of carbonyl (C=O) groups is 1. The second-order valence-corrected chi connectivity index (χ2v) is 10.4. The van der Waals surface area contributed by atoms with Crippen molar-refractivity contribution in [2.45, 2.75) is 37.4 Å². The second-order valence-electron chi connectivity index (χ2n) is 10.4. The molecule has 8 heteroatoms. The largest absolute Gasteiger partial charge is 0.395 e. The number of benzene rings is 3. The van der Waals surface area contributed by atoms with Crippen LogP contribution in [0.2, 0.25) is 0 Å². The standard InChI is InChI=1S/C28H26N4O4/c1-27-28(35,14-29-10-11-33)12-20(36-27)31-18-8-4-2-6-15(18)22-23-17(13-30-26(23)34)21-16-7-3-5-9-19(16)32(27)25(21)24(22)31/h2-9,20,29,33,35H,10-14H2,1H3,(H,30,34)/t20-,27-,28?/m0/s1. The molecule has 5 heterocycles. The summed E-state index contributed by atoms with van der Waals surface area (Å²) < 4.78 is 11.3. The second kappa shape index (κ2) is 6.66. The van der Waals surface area contributed by atoms with E-state index in [9.17, 15) is 15.0 Å². The number of nitrogens with one attached hydrogen (secondary N) is 2. The van der Waals surface area contributed by atoms with E-state index in [1.807, 2.05) is 31.2 Å². The van der Waals surface area contributed by atoms with Crippen LogP contribution in [0.4, 0.5) is 0 Å². The number of hydrogen-bond donors (Lipinski definition) is 4. The van der Waals surface area contributed by atoms with Gasteiger partial charge in [0.15, 0.2) is 5.72 Å². The Bertz CT molecular complexity index is 1790. The number of aliphatic hydroxyl groups excluding tert-OH is 1. The normalized spacial score (nSPS) is 26.5. The number of para-hydroxylation sites is 2. The number of aromatic nitrogens is 2. The maximum Gasteiger partial charge on any atom is 0.252 e. The summed E-state index contributed by atoms with van der Waals surface area (Å²) >= 11 is 0. The van der Waals surface area contributed by atoms with Crippen molar-refractivity contribution in [3.63, 3.8) is 0 Å². The summed E-state index contributed by atoms with van der Waals surface area (Å²) in [6.45, 7) is 3.09. The number of ether oxygens (including phenoxy) is 1. The van der Waals surface area contributed by atoms with Gasteiger partial charge in [0, 0.05) is 47.6 Å². The fraction of sp³-hybridized carbons (Fsp3) is 0.321. The SMILES string of the molecule is C[C@]12O[C@@H](CC1(O)CNCCO)n1c3ccccc3c3c4c(c5c6ccccc6n2c5c31)CNC4=O. The first kappa shape index (κ1) is 20.7. The van der Waals surface area contributed by atoms with Gasteiger partial charge in [-0.15, -0.1) is 0 Å². The summed E-state index contributed by atoms with van der Waals surface area (Å²) in [4.78, 5) is 13.3. The lowest BCUT2D eigenvalue weighted by molar-refractivity contribution is -0.175. The molecule has 0 radical (unpaired) electrons. The van der Waals surface area contributed by atoms with Crippen molar-refractivity contribution in [1.29, 1.82) is 0 Å². The van der Waals surface area contributed by atoms with Gasteiger partial charge in [-0.3, -0.25) is 4.79 Å². The van der Waals surface area contributed by atoms with Crippen molar-refractivity contribution in [3.8, 4) is 0 Å². The van der Waals surface area contributed by atoms with E-state index >= 15 is 0 Å². The average molecular weight is 483 g/mol. The van der Waals surface area contributed by atoms with E-state index in [0.717, 1.165) is 54.7 Å². The molecule has 0 saturated carbocycles. The number of rotatable bonds is 4. The van der Waals surface area contributed by atoms with Crippen LogP contribution < -0.4 is 10.6 Å². The fourth-order valence-corrected chi connectivity index (χ4v) is 7.13. The molecule has 36 heavy (non-hydrogen) atoms. The maximum atomic E-state index is 13.3. The number of amides is 1. The zero-order chi connectivity index (χ0) is 24.4. The quantitative estimate of drug-likeness (QED) is 0.295. The molecule has 1 unspecified atom stereocenters. The molecule has 1 amide bonds. The molecule has 3 aromatic carbocycles. The van der Waals surface area contributed by atoms with Crippen molar-refractivity contribution in [1.82, 2.24) is 19.8 Å². The van der Waals surface area contributed by atoms with Gasteiger partial charge >= 0.3 is 0 Å². The first-order chi connectivity index (χ1) is 17.5. The summed E-state index contributed by atoms with van der Waals surface area (Å²) in [7, 11) is 0. The topological polar surface area (TPSA) is 101 Å². The van der Waals surface area contributed by atoms with Crippen LogP contribution in [0.3, 0.4) is 0 Å². The van der Waals surface area contributed by atoms with Crippen LogP contribution in [0.1, 0.15) is 35.5 Å². The molecule has 3 atom stereocenters. The van der Waals surface area contributed by atoms with Gasteiger partial charge in [0.05, 0.1) is 34.2 Å². The molecule has 3 aliphatic rings. The van der Waals surface area contributed by atoms with E-state index in [2.05, 4.69) is 44.0 Å². The molecular formula is C28H26N4O4. The Labute approximate surface area is 206 Å². The zero-order valence-corrected chi connectivity index (χ0v) is 19.8. The lowest BCUT2D eigenvalue weighted by Crippen LogP contribution is -2.56. The highest BCUT2D eigenvalue weighted by Gasteiger charge is 2.60. The van der Waals surface area contributed by atoms with Crippen molar-refractivity contribution in [2.24, 2.45) is 0 Å². The minimum atomic E-state index is -1.25. The van der Waals surface area contributed by atoms with Gasteiger partial charge in [-0.1, -0.05) is 36.4 Å². The summed E-state index contributed by atoms with van der Waals surface area (Å²) in [6, 6.07) is 16.3. The van der Waals surface area contributed by atoms with Gasteiger partial charge in [0.25, 0.3) is 5.91 Å². The molecule has 0 spiro atoms. The number of nitrogens with zero attached hydrogens (tertiary/aromatic N) is 2. The van der Waals surface area contributed by atoms with Gasteiger partial charge in [-0.25, -0.2) is 0 Å². The van der Waals surface area contributed by atoms with Gasteiger partial charge < -0.3 is 34.7 Å². The molecule has 182 valence electrons. The smallest absolute Gasteiger partial charge is 0.252 e. The molecule has 3 aliphatic heterocycles. The van der Waals surface area contributed by atoms with Crippen molar-refractivity contribution >= 4 is 49.5 Å². The minimum Gasteiger partial charge on any atom is -0.395 e. The van der Waals surface area contributed by atoms with Crippen LogP contribution in [0.15, 0.2) is 48.5 Å². The van der Waals surface area contributed by atoms with E-state index < -0.39 is 17.6 Å². The molecular weight excluding hydrogens is 456 g/mol. The number of fused-ring (bicyclic) bond motifs is 13. The summed E-state index contributed by atoms with van der Waals surface area (Å²) in [6.07, 6.45) is -0.0606. The number of aliphatic hydroxyl groups is 2. The first-order valence-electron chi connectivity index (χ1n) is 12.5. The average Bonchev–Trinajstić information content (AvgIpc) is 3.56. The van der Waals surface area contributed by atoms with Gasteiger partial charge in [-0.2, -0.15) is 0 Å². The van der Waals surface area contributed by atoms with Crippen molar-refractivity contribution < 1.29 is 19.7 Å². The molecule has 1 saturated heterocycles. The summed E-state index contributed by atoms with van der Waals surface area (Å²) in [5.41, 5.74) is 3.34. The van der Waals surface area contributed by atoms with Crippen LogP contribution in [0.5, 0.6) is 0 Å². The van der Waals surface area contributed by atoms with Gasteiger partial charge in [0.1, 0.15) is 11.8 Å². The van der Waals surface area contributed by atoms with Crippen LogP contribution in [-0.2, 0) is 17.0 Å². The van der Waals surface area contributed by atoms with Crippen LogP contribution >= 0.6 is 0 Å². The van der Waals surface area contributed by atoms with E-state index in [0.29, 0.717) is 19.5 Å². The number of hydrogen-bond acceptors (Lipinski definition) is 5. The number of carbonyl (C=O) groups excluding carboxylic acids is 1. The minimum absolute atomic E-state index is 0.00731. The Morgan fingerprint density at radius 2 is 1.81 bits per heavy atom. The third-order valence-electron chi connectivity index (χ3n) is 8.68. The van der Waals surface area contributed by atoms with E-state index in [4.69, 9.17) is 4.74 Å². The Kier molecular flexibility index (Phi) is 3.83. The highest BCUT2D eigenvalue weighted by Crippen LogP contribution is 2.57. The molecule has 2 bridgehead atoms. The van der Waals surface area contributed by atoms with E-state index in [-0.39, 0.29) is 19.1 Å². The van der Waals surface area contributed by atoms with E-state index in [1.54, 1.807) is 0 Å². The predicted molar refractivity (Wildman–Crippen MR) is 137 cm³/mol. The fourth-order valence-electron chi connectivity index (χ4n) is 7.13. The molecule has 8 nitrogen and oxygen atoms in total.